The van der Waals surface area contributed by atoms with Crippen LogP contribution in [0.3, 0.4) is 0 Å². The summed E-state index contributed by atoms with van der Waals surface area (Å²) in [6.07, 6.45) is 9.64. The van der Waals surface area contributed by atoms with Crippen molar-refractivity contribution in [2.75, 3.05) is 0 Å². The average Bonchev–Trinajstić information content (AvgIpc) is 3.53. The molecular weight excluding hydrogens is 512 g/mol. The number of benzene rings is 4. The molecule has 0 spiro atoms. The van der Waals surface area contributed by atoms with Gasteiger partial charge in [-0.25, -0.2) is 9.13 Å². The van der Waals surface area contributed by atoms with E-state index < -0.39 is 0 Å². The molecule has 4 aromatic carbocycles. The first-order valence-electron chi connectivity index (χ1n) is 15.5. The van der Waals surface area contributed by atoms with Crippen molar-refractivity contribution in [1.82, 2.24) is 9.13 Å². The maximum absolute atomic E-state index is 2.62. The molecule has 7 rings (SSSR count). The second-order valence-electron chi connectivity index (χ2n) is 12.8. The van der Waals surface area contributed by atoms with Gasteiger partial charge in [0.1, 0.15) is 23.5 Å². The summed E-state index contributed by atoms with van der Waals surface area (Å²) in [4.78, 5) is 0. The molecule has 42 heavy (non-hydrogen) atoms. The van der Waals surface area contributed by atoms with Crippen LogP contribution in [0.4, 0.5) is 0 Å². The minimum absolute atomic E-state index is 0.359. The zero-order valence-corrected chi connectivity index (χ0v) is 25.9. The van der Waals surface area contributed by atoms with Gasteiger partial charge in [0.05, 0.1) is 0 Å². The van der Waals surface area contributed by atoms with E-state index in [4.69, 9.17) is 0 Å². The largest absolute Gasteiger partial charge is 0.250 e. The Kier molecular flexibility index (Phi) is 6.53. The quantitative estimate of drug-likeness (QED) is 0.195. The highest BCUT2D eigenvalue weighted by molar-refractivity contribution is 5.78. The summed E-state index contributed by atoms with van der Waals surface area (Å²) in [5.74, 6) is 0. The number of hydrogen-bond acceptors (Lipinski definition) is 0. The number of nitrogens with zero attached hydrogens (tertiary/aromatic N) is 4. The highest BCUT2D eigenvalue weighted by Crippen LogP contribution is 2.35. The SMILES string of the molecule is Cc1cc(C)cc(-n2c[n+]([C@@H]3CCCC[C@H]3[n+]3cn(-c4cc(C)cc(C)c4)c4cccc(C)c43)c3c(C)cccc32)c1. The molecule has 0 radical (unpaired) electrons. The first-order chi connectivity index (χ1) is 20.3. The highest BCUT2D eigenvalue weighted by Gasteiger charge is 2.39. The Bertz CT molecular complexity index is 1790. The van der Waals surface area contributed by atoms with Crippen LogP contribution in [0.5, 0.6) is 0 Å². The fraction of sp³-hybridized carbons (Fsp3) is 0.316. The smallest absolute Gasteiger partial charge is 0.222 e. The summed E-state index contributed by atoms with van der Waals surface area (Å²) in [6, 6.07) is 28.0. The molecule has 1 saturated carbocycles. The number of hydrogen-bond donors (Lipinski definition) is 0. The summed E-state index contributed by atoms with van der Waals surface area (Å²) in [7, 11) is 0. The molecule has 1 aliphatic carbocycles. The van der Waals surface area contributed by atoms with E-state index in [0.717, 1.165) is 0 Å². The molecule has 6 aromatic rings. The fourth-order valence-corrected chi connectivity index (χ4v) is 7.67. The molecule has 212 valence electrons. The minimum Gasteiger partial charge on any atom is -0.222 e. The Labute approximate surface area is 249 Å². The van der Waals surface area contributed by atoms with E-state index in [2.05, 4.69) is 145 Å². The van der Waals surface area contributed by atoms with Crippen LogP contribution in [-0.2, 0) is 0 Å². The Hall–Kier alpha value is -4.18. The number of aryl methyl sites for hydroxylation is 6. The molecule has 4 heteroatoms. The number of para-hydroxylation sites is 2. The van der Waals surface area contributed by atoms with Crippen molar-refractivity contribution in [3.05, 3.63) is 119 Å². The molecule has 0 N–H and O–H groups in total. The third-order valence-electron chi connectivity index (χ3n) is 9.33. The fourth-order valence-electron chi connectivity index (χ4n) is 7.67. The Balaban J connectivity index is 1.44. The van der Waals surface area contributed by atoms with Crippen molar-refractivity contribution in [2.24, 2.45) is 0 Å². The van der Waals surface area contributed by atoms with E-state index in [1.807, 2.05) is 0 Å². The van der Waals surface area contributed by atoms with Crippen molar-refractivity contribution in [1.29, 1.82) is 0 Å². The zero-order chi connectivity index (χ0) is 29.1. The second kappa shape index (κ2) is 10.3. The number of fused-ring (bicyclic) bond motifs is 2. The zero-order valence-electron chi connectivity index (χ0n) is 25.9. The first kappa shape index (κ1) is 26.7. The van der Waals surface area contributed by atoms with E-state index in [-0.39, 0.29) is 0 Å². The van der Waals surface area contributed by atoms with Crippen LogP contribution in [-0.4, -0.2) is 9.13 Å². The second-order valence-corrected chi connectivity index (χ2v) is 12.8. The lowest BCUT2D eigenvalue weighted by atomic mass is 9.89. The van der Waals surface area contributed by atoms with Gasteiger partial charge in [0, 0.05) is 11.1 Å². The topological polar surface area (TPSA) is 17.6 Å². The molecule has 1 aliphatic rings. The summed E-state index contributed by atoms with van der Waals surface area (Å²) < 4.78 is 10.1. The van der Waals surface area contributed by atoms with Crippen LogP contribution in [0.25, 0.3) is 33.4 Å². The minimum atomic E-state index is 0.359. The summed E-state index contributed by atoms with van der Waals surface area (Å²) >= 11 is 0. The highest BCUT2D eigenvalue weighted by atomic mass is 15.2. The number of aromatic nitrogens is 4. The van der Waals surface area contributed by atoms with Crippen molar-refractivity contribution >= 4 is 22.1 Å². The maximum Gasteiger partial charge on any atom is 0.250 e. The van der Waals surface area contributed by atoms with Crippen molar-refractivity contribution in [2.45, 2.75) is 79.3 Å². The van der Waals surface area contributed by atoms with Crippen LogP contribution < -0.4 is 9.13 Å². The van der Waals surface area contributed by atoms with Gasteiger partial charge in [0.2, 0.25) is 12.7 Å². The molecule has 0 unspecified atom stereocenters. The maximum atomic E-state index is 2.62. The Morgan fingerprint density at radius 3 is 1.29 bits per heavy atom. The molecule has 2 aromatic heterocycles. The van der Waals surface area contributed by atoms with Crippen molar-refractivity contribution < 1.29 is 9.13 Å². The van der Waals surface area contributed by atoms with E-state index in [1.165, 1.54) is 92.5 Å². The van der Waals surface area contributed by atoms with Crippen LogP contribution >= 0.6 is 0 Å². The van der Waals surface area contributed by atoms with Crippen molar-refractivity contribution in [3.8, 4) is 11.4 Å². The molecule has 2 atom stereocenters. The van der Waals surface area contributed by atoms with Gasteiger partial charge in [-0.3, -0.25) is 0 Å². The standard InChI is InChI=1S/C38H42N4/c1-25-17-26(2)20-31(19-25)39-23-41(37-29(5)11-9-15-35(37)39)33-13-7-8-14-34(33)42-24-40(32-21-27(3)18-28(4)22-32)36-16-10-12-30(6)38(36)42/h9-12,15-24,33-34H,7-8,13-14H2,1-6H3/q+2/t33-,34-/m1/s1. The molecule has 4 nitrogen and oxygen atoms in total. The molecule has 0 saturated heterocycles. The van der Waals surface area contributed by atoms with Gasteiger partial charge in [-0.1, -0.05) is 36.4 Å². The predicted molar refractivity (Wildman–Crippen MR) is 172 cm³/mol. The van der Waals surface area contributed by atoms with Gasteiger partial charge >= 0.3 is 0 Å². The van der Waals surface area contributed by atoms with Crippen molar-refractivity contribution in [3.63, 3.8) is 0 Å². The van der Waals surface area contributed by atoms with E-state index >= 15 is 0 Å². The Morgan fingerprint density at radius 2 is 0.905 bits per heavy atom. The van der Waals surface area contributed by atoms with E-state index in [1.54, 1.807) is 0 Å². The molecule has 0 aliphatic heterocycles. The molecule has 2 heterocycles. The lowest BCUT2D eigenvalue weighted by Crippen LogP contribution is -2.53. The summed E-state index contributed by atoms with van der Waals surface area (Å²) in [5.41, 5.74) is 15.6. The van der Waals surface area contributed by atoms with Gasteiger partial charge in [0.15, 0.2) is 22.1 Å². The lowest BCUT2D eigenvalue weighted by molar-refractivity contribution is -0.798. The van der Waals surface area contributed by atoms with Crippen LogP contribution in [0, 0.1) is 41.5 Å². The van der Waals surface area contributed by atoms with E-state index in [0.29, 0.717) is 12.1 Å². The number of rotatable bonds is 4. The lowest BCUT2D eigenvalue weighted by Gasteiger charge is -2.27. The third kappa shape index (κ3) is 4.45. The molecule has 0 amide bonds. The van der Waals surface area contributed by atoms with Gasteiger partial charge in [-0.05, 0) is 126 Å². The predicted octanol–water partition coefficient (Wildman–Crippen LogP) is 8.36. The first-order valence-corrected chi connectivity index (χ1v) is 15.5. The Morgan fingerprint density at radius 1 is 0.524 bits per heavy atom. The number of imidazole rings is 2. The van der Waals surface area contributed by atoms with Crippen LogP contribution in [0.2, 0.25) is 0 Å². The normalized spacial score (nSPS) is 17.4. The van der Waals surface area contributed by atoms with Gasteiger partial charge < -0.3 is 0 Å². The van der Waals surface area contributed by atoms with Gasteiger partial charge in [-0.15, -0.1) is 0 Å². The van der Waals surface area contributed by atoms with E-state index in [9.17, 15) is 0 Å². The summed E-state index contributed by atoms with van der Waals surface area (Å²) in [6.45, 7) is 13.3. The third-order valence-corrected chi connectivity index (χ3v) is 9.33. The molecule has 1 fully saturated rings. The van der Waals surface area contributed by atoms with Crippen LogP contribution in [0.15, 0.2) is 85.5 Å². The monoisotopic (exact) mass is 554 g/mol. The van der Waals surface area contributed by atoms with Gasteiger partial charge in [-0.2, -0.15) is 9.13 Å². The van der Waals surface area contributed by atoms with Gasteiger partial charge in [0.25, 0.3) is 0 Å². The molecular formula is C38H42N4+2. The summed E-state index contributed by atoms with van der Waals surface area (Å²) in [5, 5.41) is 0. The van der Waals surface area contributed by atoms with Crippen LogP contribution in [0.1, 0.15) is 71.1 Å². The molecule has 0 bridgehead atoms. The average molecular weight is 555 g/mol.